The summed E-state index contributed by atoms with van der Waals surface area (Å²) in [6, 6.07) is 22.1. The highest BCUT2D eigenvalue weighted by Gasteiger charge is 2.33. The van der Waals surface area contributed by atoms with Gasteiger partial charge < -0.3 is 29.3 Å². The van der Waals surface area contributed by atoms with E-state index in [4.69, 9.17) is 14.2 Å². The van der Waals surface area contributed by atoms with E-state index >= 15 is 0 Å². The number of aromatic nitrogens is 3. The zero-order valence-electron chi connectivity index (χ0n) is 24.9. The van der Waals surface area contributed by atoms with E-state index in [0.29, 0.717) is 37.6 Å². The Morgan fingerprint density at radius 2 is 1.80 bits per heavy atom. The van der Waals surface area contributed by atoms with E-state index in [1.54, 1.807) is 16.7 Å². The van der Waals surface area contributed by atoms with Gasteiger partial charge in [-0.05, 0) is 60.4 Å². The minimum Gasteiger partial charge on any atom is -0.497 e. The second-order valence-electron chi connectivity index (χ2n) is 11.1. The lowest BCUT2D eigenvalue weighted by atomic mass is 10.0. The maximum absolute atomic E-state index is 14.3. The van der Waals surface area contributed by atoms with Crippen molar-refractivity contribution < 1.29 is 23.8 Å². The number of methoxy groups -OCH3 is 1. The number of ether oxygens (including phenoxy) is 3. The molecule has 3 heterocycles. The molecule has 11 nitrogen and oxygen atoms in total. The quantitative estimate of drug-likeness (QED) is 0.280. The number of para-hydroxylation sites is 1. The van der Waals surface area contributed by atoms with Gasteiger partial charge in [0.15, 0.2) is 0 Å². The number of anilines is 1. The third-order valence-corrected chi connectivity index (χ3v) is 8.21. The lowest BCUT2D eigenvalue weighted by Crippen LogP contribution is -2.46. The lowest BCUT2D eigenvalue weighted by molar-refractivity contribution is -0.142. The standard InChI is InChI=1S/C33H38N6O5/c1-42-27-14-8-24(9-15-27)22-38(31(40)23-39-30-7-3-2-6-29(30)35-36-39)32(33(41)34-21-28-5-4-18-44-28)25-10-12-26(13-11-25)37-16-19-43-20-17-37/h2-3,6-15,28,32H,4-5,16-23H2,1H3,(H,34,41)/t28-,32-/m0/s1. The first-order chi connectivity index (χ1) is 21.6. The van der Waals surface area contributed by atoms with Gasteiger partial charge in [0.2, 0.25) is 11.8 Å². The number of hydrogen-bond donors (Lipinski definition) is 1. The van der Waals surface area contributed by atoms with E-state index in [1.807, 2.05) is 72.8 Å². The first-order valence-electron chi connectivity index (χ1n) is 15.1. The van der Waals surface area contributed by atoms with Gasteiger partial charge in [0.05, 0.1) is 31.9 Å². The SMILES string of the molecule is COc1ccc(CN(C(=O)Cn2nnc3ccccc32)[C@H](C(=O)NC[C@@H]2CCCO2)c2ccc(N3CCOCC3)cc2)cc1. The zero-order chi connectivity index (χ0) is 30.3. The van der Waals surface area contributed by atoms with Crippen molar-refractivity contribution in [3.63, 3.8) is 0 Å². The highest BCUT2D eigenvalue weighted by atomic mass is 16.5. The van der Waals surface area contributed by atoms with Crippen molar-refractivity contribution in [1.82, 2.24) is 25.2 Å². The molecular weight excluding hydrogens is 560 g/mol. The Hall–Kier alpha value is -4.48. The number of morpholine rings is 1. The summed E-state index contributed by atoms with van der Waals surface area (Å²) in [4.78, 5) is 32.2. The van der Waals surface area contributed by atoms with Crippen LogP contribution in [0.1, 0.15) is 30.0 Å². The van der Waals surface area contributed by atoms with Crippen molar-refractivity contribution in [3.05, 3.63) is 83.9 Å². The third kappa shape index (κ3) is 6.84. The van der Waals surface area contributed by atoms with Crippen LogP contribution in [-0.2, 0) is 32.2 Å². The molecule has 1 N–H and O–H groups in total. The van der Waals surface area contributed by atoms with Gasteiger partial charge in [0, 0.05) is 38.5 Å². The molecule has 6 rings (SSSR count). The molecule has 0 unspecified atom stereocenters. The number of nitrogens with zero attached hydrogens (tertiary/aromatic N) is 5. The van der Waals surface area contributed by atoms with Crippen LogP contribution >= 0.6 is 0 Å². The van der Waals surface area contributed by atoms with Gasteiger partial charge >= 0.3 is 0 Å². The Bertz CT molecular complexity index is 1550. The highest BCUT2D eigenvalue weighted by molar-refractivity contribution is 5.89. The summed E-state index contributed by atoms with van der Waals surface area (Å²) in [6.07, 6.45) is 1.84. The molecule has 1 aromatic heterocycles. The van der Waals surface area contributed by atoms with Crippen LogP contribution in [0.4, 0.5) is 5.69 Å². The molecule has 2 aliphatic heterocycles. The summed E-state index contributed by atoms with van der Waals surface area (Å²) in [5.41, 5.74) is 4.09. The van der Waals surface area contributed by atoms with Crippen LogP contribution in [0.3, 0.4) is 0 Å². The molecule has 0 radical (unpaired) electrons. The zero-order valence-corrected chi connectivity index (χ0v) is 24.9. The second kappa shape index (κ2) is 13.9. The van der Waals surface area contributed by atoms with E-state index in [-0.39, 0.29) is 31.0 Å². The smallest absolute Gasteiger partial charge is 0.247 e. The first-order valence-corrected chi connectivity index (χ1v) is 15.1. The largest absolute Gasteiger partial charge is 0.497 e. The summed E-state index contributed by atoms with van der Waals surface area (Å²) in [6.45, 7) is 4.18. The molecule has 230 valence electrons. The number of amides is 2. The average Bonchev–Trinajstić information content (AvgIpc) is 3.75. The fourth-order valence-electron chi connectivity index (χ4n) is 5.78. The number of rotatable bonds is 11. The summed E-state index contributed by atoms with van der Waals surface area (Å²) in [5.74, 6) is 0.196. The fraction of sp³-hybridized carbons (Fsp3) is 0.394. The lowest BCUT2D eigenvalue weighted by Gasteiger charge is -2.33. The van der Waals surface area contributed by atoms with Crippen molar-refractivity contribution in [1.29, 1.82) is 0 Å². The van der Waals surface area contributed by atoms with Crippen LogP contribution in [-0.4, -0.2) is 84.4 Å². The van der Waals surface area contributed by atoms with Gasteiger partial charge in [-0.2, -0.15) is 0 Å². The van der Waals surface area contributed by atoms with Crippen LogP contribution in [0, 0.1) is 0 Å². The molecular formula is C33H38N6O5. The van der Waals surface area contributed by atoms with Crippen molar-refractivity contribution in [3.8, 4) is 5.75 Å². The molecule has 2 amide bonds. The van der Waals surface area contributed by atoms with Crippen LogP contribution < -0.4 is 15.0 Å². The van der Waals surface area contributed by atoms with E-state index in [2.05, 4.69) is 20.5 Å². The molecule has 4 aromatic rings. The van der Waals surface area contributed by atoms with Crippen LogP contribution in [0.2, 0.25) is 0 Å². The van der Waals surface area contributed by atoms with Gasteiger partial charge in [-0.15, -0.1) is 5.10 Å². The fourth-order valence-corrected chi connectivity index (χ4v) is 5.78. The van der Waals surface area contributed by atoms with Crippen molar-refractivity contribution in [2.45, 2.75) is 38.1 Å². The topological polar surface area (TPSA) is 111 Å². The molecule has 11 heteroatoms. The molecule has 44 heavy (non-hydrogen) atoms. The van der Waals surface area contributed by atoms with E-state index < -0.39 is 6.04 Å². The molecule has 0 spiro atoms. The van der Waals surface area contributed by atoms with Crippen molar-refractivity contribution >= 4 is 28.5 Å². The molecule has 0 bridgehead atoms. The molecule has 2 atom stereocenters. The number of carbonyl (C=O) groups is 2. The monoisotopic (exact) mass is 598 g/mol. The molecule has 2 saturated heterocycles. The summed E-state index contributed by atoms with van der Waals surface area (Å²) < 4.78 is 18.2. The summed E-state index contributed by atoms with van der Waals surface area (Å²) in [5, 5.41) is 11.6. The van der Waals surface area contributed by atoms with Gasteiger partial charge in [-0.3, -0.25) is 9.59 Å². The third-order valence-electron chi connectivity index (χ3n) is 8.21. The molecule has 3 aromatic carbocycles. The van der Waals surface area contributed by atoms with E-state index in [0.717, 1.165) is 48.3 Å². The minimum absolute atomic E-state index is 0.0319. The van der Waals surface area contributed by atoms with Crippen molar-refractivity contribution in [2.24, 2.45) is 0 Å². The van der Waals surface area contributed by atoms with Crippen molar-refractivity contribution in [2.75, 3.05) is 51.5 Å². The van der Waals surface area contributed by atoms with Gasteiger partial charge in [-0.25, -0.2) is 4.68 Å². The van der Waals surface area contributed by atoms with Gasteiger partial charge in [0.25, 0.3) is 0 Å². The number of hydrogen-bond acceptors (Lipinski definition) is 8. The average molecular weight is 599 g/mol. The Morgan fingerprint density at radius 1 is 1.02 bits per heavy atom. The Labute approximate surface area is 256 Å². The van der Waals surface area contributed by atoms with Crippen LogP contribution in [0.15, 0.2) is 72.8 Å². The number of fused-ring (bicyclic) bond motifs is 1. The highest BCUT2D eigenvalue weighted by Crippen LogP contribution is 2.28. The molecule has 0 aliphatic carbocycles. The van der Waals surface area contributed by atoms with Crippen LogP contribution in [0.25, 0.3) is 11.0 Å². The maximum Gasteiger partial charge on any atom is 0.247 e. The predicted molar refractivity (Wildman–Crippen MR) is 165 cm³/mol. The predicted octanol–water partition coefficient (Wildman–Crippen LogP) is 3.34. The van der Waals surface area contributed by atoms with Gasteiger partial charge in [-0.1, -0.05) is 41.6 Å². The molecule has 2 fully saturated rings. The minimum atomic E-state index is -0.889. The first kappa shape index (κ1) is 29.6. The summed E-state index contributed by atoms with van der Waals surface area (Å²) >= 11 is 0. The van der Waals surface area contributed by atoms with Gasteiger partial charge in [0.1, 0.15) is 23.9 Å². The normalized spacial score (nSPS) is 17.4. The Balaban J connectivity index is 1.34. The molecule has 2 aliphatic rings. The molecule has 0 saturated carbocycles. The van der Waals surface area contributed by atoms with E-state index in [9.17, 15) is 9.59 Å². The Kier molecular flexibility index (Phi) is 9.33. The number of nitrogens with one attached hydrogen (secondary N) is 1. The summed E-state index contributed by atoms with van der Waals surface area (Å²) in [7, 11) is 1.61. The second-order valence-corrected chi connectivity index (χ2v) is 11.1. The van der Waals surface area contributed by atoms with E-state index in [1.165, 1.54) is 0 Å². The maximum atomic E-state index is 14.3. The Morgan fingerprint density at radius 3 is 2.52 bits per heavy atom. The number of carbonyl (C=O) groups excluding carboxylic acids is 2. The number of benzene rings is 3. The van der Waals surface area contributed by atoms with Crippen LogP contribution in [0.5, 0.6) is 5.75 Å².